The summed E-state index contributed by atoms with van der Waals surface area (Å²) in [6, 6.07) is 9.13. The molecular formula is C20H18N4O2. The molecule has 1 aliphatic rings. The first-order valence-electron chi connectivity index (χ1n) is 8.41. The normalized spacial score (nSPS) is 13.5. The summed E-state index contributed by atoms with van der Waals surface area (Å²) < 4.78 is 7.02. The van der Waals surface area contributed by atoms with Crippen LogP contribution >= 0.6 is 0 Å². The van der Waals surface area contributed by atoms with Crippen molar-refractivity contribution in [1.82, 2.24) is 14.5 Å². The molecule has 0 atom stereocenters. The van der Waals surface area contributed by atoms with Gasteiger partial charge in [0, 0.05) is 11.9 Å². The molecule has 0 saturated carbocycles. The van der Waals surface area contributed by atoms with Gasteiger partial charge in [0.2, 0.25) is 5.95 Å². The van der Waals surface area contributed by atoms with Crippen molar-refractivity contribution >= 4 is 28.2 Å². The summed E-state index contributed by atoms with van der Waals surface area (Å²) >= 11 is 0. The number of rotatable bonds is 4. The molecule has 0 saturated heterocycles. The molecule has 130 valence electrons. The number of hydrogen-bond acceptors (Lipinski definition) is 5. The molecular weight excluding hydrogens is 328 g/mol. The molecule has 1 aliphatic carbocycles. The fourth-order valence-corrected chi connectivity index (χ4v) is 3.06. The van der Waals surface area contributed by atoms with E-state index in [2.05, 4.69) is 16.4 Å². The number of fused-ring (bicyclic) bond motifs is 1. The summed E-state index contributed by atoms with van der Waals surface area (Å²) in [7, 11) is 1.56. The van der Waals surface area contributed by atoms with E-state index in [-0.39, 0.29) is 5.56 Å². The van der Waals surface area contributed by atoms with Crippen molar-refractivity contribution in [3.05, 3.63) is 71.3 Å². The van der Waals surface area contributed by atoms with Crippen molar-refractivity contribution in [2.45, 2.75) is 12.8 Å². The van der Waals surface area contributed by atoms with E-state index < -0.39 is 0 Å². The number of nitrogens with one attached hydrogen (secondary N) is 1. The van der Waals surface area contributed by atoms with Crippen LogP contribution in [0.4, 0.5) is 11.6 Å². The first-order valence-corrected chi connectivity index (χ1v) is 8.41. The number of ether oxygens (including phenoxy) is 1. The number of anilines is 2. The number of allylic oxidation sites excluding steroid dienone is 4. The average molecular weight is 346 g/mol. The molecule has 4 rings (SSSR count). The first-order chi connectivity index (χ1) is 12.8. The minimum Gasteiger partial charge on any atom is -0.496 e. The SMILES string of the molecule is COc1cccc2nc(Nc3cccnc3)n(C3=CC=CCC3)c(=O)c12. The molecule has 2 aromatic heterocycles. The van der Waals surface area contributed by atoms with Gasteiger partial charge < -0.3 is 10.1 Å². The fourth-order valence-electron chi connectivity index (χ4n) is 3.06. The zero-order valence-corrected chi connectivity index (χ0v) is 14.3. The minimum absolute atomic E-state index is 0.152. The van der Waals surface area contributed by atoms with Crippen molar-refractivity contribution in [1.29, 1.82) is 0 Å². The Labute approximate surface area is 150 Å². The van der Waals surface area contributed by atoms with Gasteiger partial charge in [0.05, 0.1) is 24.5 Å². The average Bonchev–Trinajstić information content (AvgIpc) is 2.69. The third-order valence-corrected chi connectivity index (χ3v) is 4.28. The molecule has 26 heavy (non-hydrogen) atoms. The van der Waals surface area contributed by atoms with Crippen LogP contribution in [0.2, 0.25) is 0 Å². The Morgan fingerprint density at radius 1 is 1.23 bits per heavy atom. The van der Waals surface area contributed by atoms with Gasteiger partial charge in [-0.2, -0.15) is 0 Å². The Morgan fingerprint density at radius 2 is 2.15 bits per heavy atom. The molecule has 0 bridgehead atoms. The number of aromatic nitrogens is 3. The van der Waals surface area contributed by atoms with Gasteiger partial charge in [-0.05, 0) is 43.2 Å². The van der Waals surface area contributed by atoms with Gasteiger partial charge >= 0.3 is 0 Å². The topological polar surface area (TPSA) is 69.0 Å². The molecule has 0 unspecified atom stereocenters. The Hall–Kier alpha value is -3.41. The lowest BCUT2D eigenvalue weighted by Gasteiger charge is -2.18. The zero-order valence-electron chi connectivity index (χ0n) is 14.3. The molecule has 3 aromatic rings. The van der Waals surface area contributed by atoms with E-state index in [1.807, 2.05) is 36.4 Å². The van der Waals surface area contributed by atoms with E-state index in [1.54, 1.807) is 30.1 Å². The third-order valence-electron chi connectivity index (χ3n) is 4.28. The molecule has 6 heteroatoms. The molecule has 2 heterocycles. The minimum atomic E-state index is -0.152. The second kappa shape index (κ2) is 6.84. The van der Waals surface area contributed by atoms with E-state index in [1.165, 1.54) is 0 Å². The largest absolute Gasteiger partial charge is 0.496 e. The van der Waals surface area contributed by atoms with Crippen LogP contribution in [-0.4, -0.2) is 21.6 Å². The van der Waals surface area contributed by atoms with Crippen molar-refractivity contribution in [3.8, 4) is 5.75 Å². The van der Waals surface area contributed by atoms with Crippen molar-refractivity contribution in [3.63, 3.8) is 0 Å². The number of pyridine rings is 1. The van der Waals surface area contributed by atoms with Crippen molar-refractivity contribution in [2.75, 3.05) is 12.4 Å². The molecule has 6 nitrogen and oxygen atoms in total. The van der Waals surface area contributed by atoms with Gasteiger partial charge in [0.1, 0.15) is 11.1 Å². The van der Waals surface area contributed by atoms with Crippen LogP contribution in [0.3, 0.4) is 0 Å². The maximum absolute atomic E-state index is 13.3. The predicted octanol–water partition coefficient (Wildman–Crippen LogP) is 3.73. The smallest absolute Gasteiger partial charge is 0.270 e. The Balaban J connectivity index is 1.98. The van der Waals surface area contributed by atoms with Gasteiger partial charge in [0.15, 0.2) is 0 Å². The Bertz CT molecular complexity index is 1070. The molecule has 0 spiro atoms. The van der Waals surface area contributed by atoms with Gasteiger partial charge in [-0.25, -0.2) is 9.55 Å². The first kappa shape index (κ1) is 16.1. The second-order valence-electron chi connectivity index (χ2n) is 5.92. The highest BCUT2D eigenvalue weighted by atomic mass is 16.5. The van der Waals surface area contributed by atoms with E-state index in [4.69, 9.17) is 9.72 Å². The molecule has 1 aromatic carbocycles. The van der Waals surface area contributed by atoms with Crippen molar-refractivity contribution < 1.29 is 4.74 Å². The summed E-state index contributed by atoms with van der Waals surface area (Å²) in [6.45, 7) is 0. The van der Waals surface area contributed by atoms with Gasteiger partial charge in [-0.1, -0.05) is 18.2 Å². The van der Waals surface area contributed by atoms with Crippen LogP contribution in [0.15, 0.2) is 65.7 Å². The molecule has 0 radical (unpaired) electrons. The second-order valence-corrected chi connectivity index (χ2v) is 5.92. The fraction of sp³-hybridized carbons (Fsp3) is 0.150. The van der Waals surface area contributed by atoms with E-state index in [9.17, 15) is 4.79 Å². The maximum atomic E-state index is 13.3. The summed E-state index contributed by atoms with van der Waals surface area (Å²) in [5.74, 6) is 0.985. The van der Waals surface area contributed by atoms with Gasteiger partial charge in [-0.3, -0.25) is 9.78 Å². The zero-order chi connectivity index (χ0) is 17.9. The Morgan fingerprint density at radius 3 is 2.88 bits per heavy atom. The van der Waals surface area contributed by atoms with Gasteiger partial charge in [-0.15, -0.1) is 0 Å². The number of methoxy groups -OCH3 is 1. The summed E-state index contributed by atoms with van der Waals surface area (Å²) in [5.41, 5.74) is 2.09. The Kier molecular flexibility index (Phi) is 4.23. The highest BCUT2D eigenvalue weighted by Gasteiger charge is 2.17. The van der Waals surface area contributed by atoms with Crippen LogP contribution in [-0.2, 0) is 0 Å². The van der Waals surface area contributed by atoms with E-state index >= 15 is 0 Å². The van der Waals surface area contributed by atoms with E-state index in [0.717, 1.165) is 24.2 Å². The number of benzene rings is 1. The monoisotopic (exact) mass is 346 g/mol. The third kappa shape index (κ3) is 2.86. The van der Waals surface area contributed by atoms with Gasteiger partial charge in [0.25, 0.3) is 5.56 Å². The summed E-state index contributed by atoms with van der Waals surface area (Å²) in [6.07, 6.45) is 11.0. The lowest BCUT2D eigenvalue weighted by molar-refractivity contribution is 0.419. The quantitative estimate of drug-likeness (QED) is 0.779. The van der Waals surface area contributed by atoms with Crippen molar-refractivity contribution in [2.24, 2.45) is 0 Å². The van der Waals surface area contributed by atoms with Crippen LogP contribution in [0, 0.1) is 0 Å². The highest BCUT2D eigenvalue weighted by Crippen LogP contribution is 2.27. The van der Waals surface area contributed by atoms with E-state index in [0.29, 0.717) is 22.6 Å². The standard InChI is InChI=1S/C20H18N4O2/c1-26-17-11-5-10-16-18(17)19(25)24(15-8-3-2-4-9-15)20(23-16)22-14-7-6-12-21-13-14/h2-3,5-8,10-13H,4,9H2,1H3,(H,22,23). The molecule has 0 aliphatic heterocycles. The number of nitrogens with zero attached hydrogens (tertiary/aromatic N) is 3. The lowest BCUT2D eigenvalue weighted by atomic mass is 10.1. The molecule has 1 N–H and O–H groups in total. The molecule has 0 fully saturated rings. The van der Waals surface area contributed by atoms with Crippen LogP contribution in [0.1, 0.15) is 12.8 Å². The predicted molar refractivity (Wildman–Crippen MR) is 103 cm³/mol. The number of hydrogen-bond donors (Lipinski definition) is 1. The van der Waals surface area contributed by atoms with Crippen LogP contribution < -0.4 is 15.6 Å². The van der Waals surface area contributed by atoms with Crippen LogP contribution in [0.25, 0.3) is 16.6 Å². The highest BCUT2D eigenvalue weighted by molar-refractivity contribution is 5.86. The molecule has 0 amide bonds. The summed E-state index contributed by atoms with van der Waals surface area (Å²) in [4.78, 5) is 22.1. The maximum Gasteiger partial charge on any atom is 0.270 e. The van der Waals surface area contributed by atoms with Crippen LogP contribution in [0.5, 0.6) is 5.75 Å². The lowest BCUT2D eigenvalue weighted by Crippen LogP contribution is -2.24. The summed E-state index contributed by atoms with van der Waals surface area (Å²) in [5, 5.41) is 3.70.